The van der Waals surface area contributed by atoms with Crippen molar-refractivity contribution in [2.75, 3.05) is 11.9 Å². The molecule has 0 bridgehead atoms. The quantitative estimate of drug-likeness (QED) is 0.769. The standard InChI is InChI=1S/C20H29N3O2/c1-13(2)22-15-6-3-5-14(11-15)12-21-19(24)23-17-16-7-10-25-18(16)20(17)8-4-9-20/h3,5-6,11,13,16-18,22H,4,7-10,12H2,1-2H3,(H2,21,23,24)/t16-,17-,18-/m1/s1. The Morgan fingerprint density at radius 1 is 1.36 bits per heavy atom. The zero-order valence-electron chi connectivity index (χ0n) is 15.2. The van der Waals surface area contributed by atoms with E-state index >= 15 is 0 Å². The predicted octanol–water partition coefficient (Wildman–Crippen LogP) is 3.26. The van der Waals surface area contributed by atoms with Gasteiger partial charge in [-0.05, 0) is 50.8 Å². The second-order valence-corrected chi connectivity index (χ2v) is 8.13. The molecule has 3 N–H and O–H groups in total. The first-order valence-corrected chi connectivity index (χ1v) is 9.60. The molecular weight excluding hydrogens is 314 g/mol. The molecule has 0 unspecified atom stereocenters. The summed E-state index contributed by atoms with van der Waals surface area (Å²) in [5, 5.41) is 9.67. The number of urea groups is 1. The number of ether oxygens (including phenoxy) is 1. The molecule has 2 aliphatic carbocycles. The Bertz CT molecular complexity index is 642. The molecule has 1 aromatic carbocycles. The van der Waals surface area contributed by atoms with E-state index in [1.54, 1.807) is 0 Å². The number of amides is 2. The zero-order chi connectivity index (χ0) is 17.4. The van der Waals surface area contributed by atoms with Crippen LogP contribution in [0.3, 0.4) is 0 Å². The molecule has 5 nitrogen and oxygen atoms in total. The lowest BCUT2D eigenvalue weighted by Gasteiger charge is -2.63. The van der Waals surface area contributed by atoms with Crippen molar-refractivity contribution in [3.05, 3.63) is 29.8 Å². The minimum absolute atomic E-state index is 0.0520. The normalized spacial score (nSPS) is 28.8. The average Bonchev–Trinajstić information content (AvgIpc) is 2.94. The number of anilines is 1. The van der Waals surface area contributed by atoms with Crippen LogP contribution in [-0.2, 0) is 11.3 Å². The Balaban J connectivity index is 1.31. The SMILES string of the molecule is CC(C)Nc1cccc(CNC(=O)N[C@@H]2[C@H]3CCO[C@H]3C23CCC3)c1. The highest BCUT2D eigenvalue weighted by atomic mass is 16.5. The number of nitrogens with one attached hydrogen (secondary N) is 3. The molecule has 3 fully saturated rings. The number of benzene rings is 1. The molecule has 0 aromatic heterocycles. The van der Waals surface area contributed by atoms with Crippen LogP contribution in [0.4, 0.5) is 10.5 Å². The number of carbonyl (C=O) groups is 1. The van der Waals surface area contributed by atoms with Gasteiger partial charge in [0.2, 0.25) is 0 Å². The van der Waals surface area contributed by atoms with E-state index in [2.05, 4.69) is 41.9 Å². The lowest BCUT2D eigenvalue weighted by Crippen LogP contribution is -2.72. The van der Waals surface area contributed by atoms with Crippen LogP contribution in [0.15, 0.2) is 24.3 Å². The van der Waals surface area contributed by atoms with Gasteiger partial charge >= 0.3 is 6.03 Å². The summed E-state index contributed by atoms with van der Waals surface area (Å²) in [4.78, 5) is 12.4. The molecule has 2 amide bonds. The van der Waals surface area contributed by atoms with Gasteiger partial charge in [0, 0.05) is 42.3 Å². The average molecular weight is 343 g/mol. The van der Waals surface area contributed by atoms with E-state index < -0.39 is 0 Å². The van der Waals surface area contributed by atoms with Crippen LogP contribution in [0.25, 0.3) is 0 Å². The number of rotatable bonds is 5. The zero-order valence-corrected chi connectivity index (χ0v) is 15.2. The Kier molecular flexibility index (Phi) is 4.36. The fourth-order valence-corrected chi connectivity index (χ4v) is 4.93. The summed E-state index contributed by atoms with van der Waals surface area (Å²) in [6.45, 7) is 5.64. The van der Waals surface area contributed by atoms with Crippen molar-refractivity contribution in [1.29, 1.82) is 0 Å². The van der Waals surface area contributed by atoms with Crippen molar-refractivity contribution in [2.24, 2.45) is 11.3 Å². The van der Waals surface area contributed by atoms with Gasteiger partial charge in [0.15, 0.2) is 0 Å². The van der Waals surface area contributed by atoms with Gasteiger partial charge in [-0.25, -0.2) is 4.79 Å². The van der Waals surface area contributed by atoms with E-state index in [-0.39, 0.29) is 11.4 Å². The molecule has 2 saturated carbocycles. The van der Waals surface area contributed by atoms with Gasteiger partial charge in [-0.1, -0.05) is 18.6 Å². The highest BCUT2D eigenvalue weighted by Gasteiger charge is 2.66. The van der Waals surface area contributed by atoms with Crippen molar-refractivity contribution >= 4 is 11.7 Å². The number of hydrogen-bond donors (Lipinski definition) is 3. The minimum atomic E-state index is -0.0520. The van der Waals surface area contributed by atoms with E-state index in [9.17, 15) is 4.79 Å². The highest BCUT2D eigenvalue weighted by Crippen LogP contribution is 2.62. The Morgan fingerprint density at radius 2 is 2.20 bits per heavy atom. The van der Waals surface area contributed by atoms with E-state index in [1.165, 1.54) is 19.3 Å². The lowest BCUT2D eigenvalue weighted by molar-refractivity contribution is -0.172. The van der Waals surface area contributed by atoms with Gasteiger partial charge in [-0.3, -0.25) is 0 Å². The molecule has 136 valence electrons. The van der Waals surface area contributed by atoms with Crippen LogP contribution in [0.1, 0.15) is 45.1 Å². The second-order valence-electron chi connectivity index (χ2n) is 8.13. The van der Waals surface area contributed by atoms with Crippen molar-refractivity contribution in [2.45, 2.75) is 64.3 Å². The third-order valence-electron chi connectivity index (χ3n) is 6.16. The van der Waals surface area contributed by atoms with Crippen LogP contribution in [0.5, 0.6) is 0 Å². The van der Waals surface area contributed by atoms with Crippen LogP contribution in [0, 0.1) is 11.3 Å². The fraction of sp³-hybridized carbons (Fsp3) is 0.650. The van der Waals surface area contributed by atoms with Crippen LogP contribution >= 0.6 is 0 Å². The van der Waals surface area contributed by atoms with Crippen molar-refractivity contribution in [1.82, 2.24) is 10.6 Å². The van der Waals surface area contributed by atoms with Crippen LogP contribution in [0.2, 0.25) is 0 Å². The predicted molar refractivity (Wildman–Crippen MR) is 98.5 cm³/mol. The molecule has 1 aromatic rings. The van der Waals surface area contributed by atoms with Crippen LogP contribution in [-0.4, -0.2) is 30.8 Å². The van der Waals surface area contributed by atoms with Gasteiger partial charge in [0.25, 0.3) is 0 Å². The highest BCUT2D eigenvalue weighted by molar-refractivity contribution is 5.74. The maximum absolute atomic E-state index is 12.4. The molecule has 0 radical (unpaired) electrons. The first-order chi connectivity index (χ1) is 12.1. The van der Waals surface area contributed by atoms with Gasteiger partial charge < -0.3 is 20.7 Å². The molecule has 1 heterocycles. The maximum atomic E-state index is 12.4. The molecule has 1 spiro atoms. The summed E-state index contributed by atoms with van der Waals surface area (Å²) < 4.78 is 5.92. The summed E-state index contributed by atoms with van der Waals surface area (Å²) in [5.41, 5.74) is 2.43. The largest absolute Gasteiger partial charge is 0.383 e. The Hall–Kier alpha value is -1.75. The second kappa shape index (κ2) is 6.52. The number of fused-ring (bicyclic) bond motifs is 2. The topological polar surface area (TPSA) is 62.4 Å². The molecule has 1 aliphatic heterocycles. The maximum Gasteiger partial charge on any atom is 0.315 e. The molecule has 25 heavy (non-hydrogen) atoms. The first kappa shape index (κ1) is 16.7. The minimum Gasteiger partial charge on any atom is -0.383 e. The smallest absolute Gasteiger partial charge is 0.315 e. The monoisotopic (exact) mass is 343 g/mol. The van der Waals surface area contributed by atoms with Gasteiger partial charge in [0.1, 0.15) is 0 Å². The summed E-state index contributed by atoms with van der Waals surface area (Å²) in [6, 6.07) is 8.85. The summed E-state index contributed by atoms with van der Waals surface area (Å²) in [7, 11) is 0. The van der Waals surface area contributed by atoms with Gasteiger partial charge in [-0.15, -0.1) is 0 Å². The molecule has 1 saturated heterocycles. The van der Waals surface area contributed by atoms with E-state index in [4.69, 9.17) is 4.74 Å². The summed E-state index contributed by atoms with van der Waals surface area (Å²) in [5.74, 6) is 0.518. The van der Waals surface area contributed by atoms with E-state index in [0.29, 0.717) is 30.7 Å². The Labute approximate surface area is 149 Å². The Morgan fingerprint density at radius 3 is 2.92 bits per heavy atom. The van der Waals surface area contributed by atoms with Gasteiger partial charge in [0.05, 0.1) is 6.10 Å². The molecular formula is C20H29N3O2. The third-order valence-corrected chi connectivity index (χ3v) is 6.16. The van der Waals surface area contributed by atoms with Crippen LogP contribution < -0.4 is 16.0 Å². The summed E-state index contributed by atoms with van der Waals surface area (Å²) >= 11 is 0. The number of carbonyl (C=O) groups excluding carboxylic acids is 1. The van der Waals surface area contributed by atoms with Crippen molar-refractivity contribution < 1.29 is 9.53 Å². The molecule has 3 aliphatic rings. The van der Waals surface area contributed by atoms with Crippen molar-refractivity contribution in [3.63, 3.8) is 0 Å². The molecule has 5 heteroatoms. The van der Waals surface area contributed by atoms with E-state index in [1.807, 2.05) is 12.1 Å². The fourth-order valence-electron chi connectivity index (χ4n) is 4.93. The lowest BCUT2D eigenvalue weighted by atomic mass is 9.46. The summed E-state index contributed by atoms with van der Waals surface area (Å²) in [6.07, 6.45) is 5.14. The first-order valence-electron chi connectivity index (χ1n) is 9.60. The molecule has 4 rings (SSSR count). The third kappa shape index (κ3) is 2.99. The number of hydrogen-bond acceptors (Lipinski definition) is 3. The van der Waals surface area contributed by atoms with Gasteiger partial charge in [-0.2, -0.15) is 0 Å². The molecule has 3 atom stereocenters. The van der Waals surface area contributed by atoms with Crippen molar-refractivity contribution in [3.8, 4) is 0 Å². The van der Waals surface area contributed by atoms with E-state index in [0.717, 1.165) is 24.3 Å².